The monoisotopic (exact) mass is 834 g/mol. The average molecular weight is 834 g/mol. The number of allylic oxidation sites excluding steroid dienone is 13. The van der Waals surface area contributed by atoms with Crippen molar-refractivity contribution in [1.29, 1.82) is 0 Å². The van der Waals surface area contributed by atoms with Gasteiger partial charge in [0.1, 0.15) is 0 Å². The van der Waals surface area contributed by atoms with Crippen LogP contribution in [0.2, 0.25) is 0 Å². The van der Waals surface area contributed by atoms with E-state index in [0.29, 0.717) is 6.42 Å². The van der Waals surface area contributed by atoms with Gasteiger partial charge in [0.2, 0.25) is 5.91 Å². The molecule has 0 spiro atoms. The molecule has 0 saturated carbocycles. The topological polar surface area (TPSA) is 69.6 Å². The molecule has 1 amide bonds. The van der Waals surface area contributed by atoms with E-state index in [1.807, 2.05) is 6.08 Å². The average Bonchev–Trinajstić information content (AvgIpc) is 3.25. The van der Waals surface area contributed by atoms with Gasteiger partial charge >= 0.3 is 0 Å². The van der Waals surface area contributed by atoms with E-state index >= 15 is 0 Å². The summed E-state index contributed by atoms with van der Waals surface area (Å²) in [4.78, 5) is 12.4. The summed E-state index contributed by atoms with van der Waals surface area (Å²) in [6, 6.07) is -0.659. The fraction of sp³-hybridized carbons (Fsp3) is 0.732. The summed E-state index contributed by atoms with van der Waals surface area (Å²) in [7, 11) is 0. The van der Waals surface area contributed by atoms with Crippen LogP contribution in [0.25, 0.3) is 0 Å². The summed E-state index contributed by atoms with van der Waals surface area (Å²) in [5.41, 5.74) is 0. The molecule has 0 aromatic heterocycles. The predicted molar refractivity (Wildman–Crippen MR) is 267 cm³/mol. The van der Waals surface area contributed by atoms with Crippen LogP contribution >= 0.6 is 0 Å². The minimum absolute atomic E-state index is 0.0941. The Labute approximate surface area is 373 Å². The summed E-state index contributed by atoms with van der Waals surface area (Å²) in [5.74, 6) is -0.0941. The smallest absolute Gasteiger partial charge is 0.220 e. The van der Waals surface area contributed by atoms with Crippen LogP contribution in [-0.4, -0.2) is 34.9 Å². The molecule has 4 nitrogen and oxygen atoms in total. The fourth-order valence-corrected chi connectivity index (χ4v) is 7.44. The van der Waals surface area contributed by atoms with Gasteiger partial charge in [0.25, 0.3) is 0 Å². The van der Waals surface area contributed by atoms with E-state index in [4.69, 9.17) is 0 Å². The third kappa shape index (κ3) is 46.6. The maximum Gasteiger partial charge on any atom is 0.220 e. The molecule has 0 aliphatic carbocycles. The zero-order valence-electron chi connectivity index (χ0n) is 39.7. The number of amides is 1. The van der Waals surface area contributed by atoms with Crippen molar-refractivity contribution in [3.05, 3.63) is 85.1 Å². The van der Waals surface area contributed by atoms with Gasteiger partial charge < -0.3 is 15.5 Å². The van der Waals surface area contributed by atoms with Gasteiger partial charge in [-0.2, -0.15) is 0 Å². The van der Waals surface area contributed by atoms with E-state index in [1.54, 1.807) is 6.08 Å². The van der Waals surface area contributed by atoms with Crippen LogP contribution in [-0.2, 0) is 4.79 Å². The van der Waals surface area contributed by atoms with Gasteiger partial charge in [-0.05, 0) is 83.5 Å². The number of hydrogen-bond donors (Lipinski definition) is 3. The Morgan fingerprint density at radius 2 is 0.750 bits per heavy atom. The molecule has 60 heavy (non-hydrogen) atoms. The van der Waals surface area contributed by atoms with Crippen LogP contribution in [0, 0.1) is 0 Å². The molecule has 0 rings (SSSR count). The van der Waals surface area contributed by atoms with Crippen LogP contribution in [0.1, 0.15) is 245 Å². The first-order chi connectivity index (χ1) is 29.7. The maximum atomic E-state index is 12.4. The highest BCUT2D eigenvalue weighted by molar-refractivity contribution is 5.76. The molecule has 2 atom stereocenters. The third-order valence-electron chi connectivity index (χ3n) is 11.3. The van der Waals surface area contributed by atoms with Gasteiger partial charge in [-0.25, -0.2) is 0 Å². The molecular formula is C56H99NO3. The van der Waals surface area contributed by atoms with E-state index in [1.165, 1.54) is 148 Å². The number of carbonyl (C=O) groups excluding carboxylic acids is 1. The number of aliphatic hydroxyl groups is 2. The Balaban J connectivity index is 3.62. The van der Waals surface area contributed by atoms with Crippen molar-refractivity contribution in [2.24, 2.45) is 0 Å². The van der Waals surface area contributed by atoms with Crippen molar-refractivity contribution in [2.75, 3.05) is 6.61 Å². The lowest BCUT2D eigenvalue weighted by Crippen LogP contribution is -2.45. The Morgan fingerprint density at radius 3 is 1.17 bits per heavy atom. The lowest BCUT2D eigenvalue weighted by molar-refractivity contribution is -0.123. The van der Waals surface area contributed by atoms with E-state index in [2.05, 4.69) is 92.1 Å². The zero-order chi connectivity index (χ0) is 43.5. The van der Waals surface area contributed by atoms with Crippen LogP contribution in [0.4, 0.5) is 0 Å². The first kappa shape index (κ1) is 57.6. The number of rotatable bonds is 46. The van der Waals surface area contributed by atoms with Gasteiger partial charge in [0, 0.05) is 6.42 Å². The third-order valence-corrected chi connectivity index (χ3v) is 11.3. The second-order valence-electron chi connectivity index (χ2n) is 17.2. The lowest BCUT2D eigenvalue weighted by Gasteiger charge is -2.19. The quantitative estimate of drug-likeness (QED) is 0.0423. The minimum Gasteiger partial charge on any atom is -0.394 e. The molecule has 3 N–H and O–H groups in total. The van der Waals surface area contributed by atoms with E-state index in [0.717, 1.165) is 77.0 Å². The molecule has 0 aliphatic heterocycles. The molecule has 0 heterocycles. The van der Waals surface area contributed by atoms with E-state index < -0.39 is 12.1 Å². The van der Waals surface area contributed by atoms with E-state index in [9.17, 15) is 15.0 Å². The second kappa shape index (κ2) is 50.9. The highest BCUT2D eigenvalue weighted by atomic mass is 16.3. The molecule has 0 radical (unpaired) electrons. The van der Waals surface area contributed by atoms with Gasteiger partial charge in [-0.3, -0.25) is 4.79 Å². The van der Waals surface area contributed by atoms with E-state index in [-0.39, 0.29) is 12.5 Å². The number of carbonyl (C=O) groups is 1. The molecule has 0 bridgehead atoms. The molecule has 0 aromatic rings. The molecule has 0 aromatic carbocycles. The summed E-state index contributed by atoms with van der Waals surface area (Å²) in [6.45, 7) is 4.18. The molecule has 0 fully saturated rings. The molecule has 346 valence electrons. The van der Waals surface area contributed by atoms with Crippen molar-refractivity contribution in [2.45, 2.75) is 257 Å². The standard InChI is InChI=1S/C56H99NO3/c1-3-5-7-9-11-13-15-17-19-21-23-24-25-26-27-28-29-30-31-32-34-35-37-39-41-43-45-47-49-51-55(59)54(53-58)57-56(60)52-50-48-46-44-42-40-38-36-33-22-20-18-16-14-12-10-8-6-4-2/h6,8,12,14,18,20,33-36,41,43,49,51,54-55,58-59H,3-5,7,9-11,13,15-17,19,21-32,37-40,42,44-48,50,52-53H2,1-2H3,(H,57,60)/b8-6-,14-12-,20-18-,35-34+,36-33-,43-41+,51-49+. The van der Waals surface area contributed by atoms with Crippen LogP contribution < -0.4 is 5.32 Å². The van der Waals surface area contributed by atoms with Crippen molar-refractivity contribution in [3.63, 3.8) is 0 Å². The maximum absolute atomic E-state index is 12.4. The lowest BCUT2D eigenvalue weighted by atomic mass is 10.0. The van der Waals surface area contributed by atoms with Gasteiger partial charge in [-0.15, -0.1) is 0 Å². The Kier molecular flexibility index (Phi) is 48.9. The van der Waals surface area contributed by atoms with Crippen LogP contribution in [0.15, 0.2) is 85.1 Å². The molecular weight excluding hydrogens is 735 g/mol. The Bertz CT molecular complexity index is 1080. The predicted octanol–water partition coefficient (Wildman–Crippen LogP) is 16.8. The van der Waals surface area contributed by atoms with Gasteiger partial charge in [0.05, 0.1) is 18.8 Å². The van der Waals surface area contributed by atoms with Crippen molar-refractivity contribution in [1.82, 2.24) is 5.32 Å². The molecule has 2 unspecified atom stereocenters. The summed E-state index contributed by atoms with van der Waals surface area (Å²) in [6.07, 6.45) is 74.4. The summed E-state index contributed by atoms with van der Waals surface area (Å²) in [5, 5.41) is 23.1. The normalized spacial score (nSPS) is 13.6. The number of unbranched alkanes of at least 4 members (excludes halogenated alkanes) is 27. The number of aliphatic hydroxyl groups excluding tert-OH is 2. The summed E-state index contributed by atoms with van der Waals surface area (Å²) >= 11 is 0. The van der Waals surface area contributed by atoms with Crippen molar-refractivity contribution >= 4 is 5.91 Å². The van der Waals surface area contributed by atoms with Gasteiger partial charge in [-0.1, -0.05) is 240 Å². The Hall–Kier alpha value is -2.43. The molecule has 0 aliphatic rings. The minimum atomic E-state index is -0.882. The number of nitrogens with one attached hydrogen (secondary N) is 1. The first-order valence-corrected chi connectivity index (χ1v) is 25.8. The van der Waals surface area contributed by atoms with Crippen LogP contribution in [0.3, 0.4) is 0 Å². The Morgan fingerprint density at radius 1 is 0.417 bits per heavy atom. The first-order valence-electron chi connectivity index (χ1n) is 25.8. The number of hydrogen-bond acceptors (Lipinski definition) is 3. The zero-order valence-corrected chi connectivity index (χ0v) is 39.7. The van der Waals surface area contributed by atoms with Gasteiger partial charge in [0.15, 0.2) is 0 Å². The second-order valence-corrected chi connectivity index (χ2v) is 17.2. The van der Waals surface area contributed by atoms with Crippen molar-refractivity contribution in [3.8, 4) is 0 Å². The summed E-state index contributed by atoms with van der Waals surface area (Å²) < 4.78 is 0. The molecule has 0 saturated heterocycles. The highest BCUT2D eigenvalue weighted by Gasteiger charge is 2.17. The SMILES string of the molecule is CC/C=C\C/C=C\C/C=C\C/C=C\CCCCCCCCC(=O)NC(CO)C(O)/C=C/CC/C=C/CC/C=C/CCCCCCCCCCCCCCCCCCCCC. The highest BCUT2D eigenvalue weighted by Crippen LogP contribution is 2.15. The fourth-order valence-electron chi connectivity index (χ4n) is 7.44. The largest absolute Gasteiger partial charge is 0.394 e. The van der Waals surface area contributed by atoms with Crippen molar-refractivity contribution < 1.29 is 15.0 Å². The molecule has 4 heteroatoms. The van der Waals surface area contributed by atoms with Crippen LogP contribution in [0.5, 0.6) is 0 Å².